The molecular formula is C48H33N. The summed E-state index contributed by atoms with van der Waals surface area (Å²) in [5.74, 6) is 0. The number of hydrogen-bond acceptors (Lipinski definition) is 0. The molecule has 49 heavy (non-hydrogen) atoms. The lowest BCUT2D eigenvalue weighted by molar-refractivity contribution is 1.05. The van der Waals surface area contributed by atoms with E-state index >= 15 is 0 Å². The third-order valence-electron chi connectivity index (χ3n) is 10.4. The second-order valence-electron chi connectivity index (χ2n) is 13.3. The normalized spacial score (nSPS) is 13.2. The van der Waals surface area contributed by atoms with Crippen LogP contribution in [0.1, 0.15) is 18.4 Å². The minimum atomic E-state index is 1.07. The highest BCUT2D eigenvalue weighted by Crippen LogP contribution is 2.42. The van der Waals surface area contributed by atoms with Crippen LogP contribution in [0, 0.1) is 0 Å². The maximum atomic E-state index is 2.45. The summed E-state index contributed by atoms with van der Waals surface area (Å²) in [6.45, 7) is 0. The van der Waals surface area contributed by atoms with Gasteiger partial charge in [0, 0.05) is 21.5 Å². The standard InChI is InChI=1S/C48H33N/c1-3-13-32(14-4-1)38-27-39(33-15-5-2-6-16-33)29-40(28-38)36-19-11-17-34(25-36)35-18-12-20-37(26-35)41-30-44-42-21-7-9-23-46(42)49-47-24-10-8-22-43(47)45(31-41)48(44)49/h1-5,7-15,17-31H,6,16H2. The van der Waals surface area contributed by atoms with Crippen LogP contribution in [0.4, 0.5) is 0 Å². The number of para-hydroxylation sites is 2. The van der Waals surface area contributed by atoms with Gasteiger partial charge in [-0.25, -0.2) is 0 Å². The van der Waals surface area contributed by atoms with Crippen molar-refractivity contribution >= 4 is 43.7 Å². The molecule has 1 heteroatoms. The van der Waals surface area contributed by atoms with Gasteiger partial charge in [-0.15, -0.1) is 0 Å². The Labute approximate surface area is 286 Å². The Morgan fingerprint density at radius 3 is 1.43 bits per heavy atom. The molecule has 1 nitrogen and oxygen atoms in total. The quantitative estimate of drug-likeness (QED) is 0.180. The van der Waals surface area contributed by atoms with Crippen LogP contribution in [0.3, 0.4) is 0 Å². The number of hydrogen-bond donors (Lipinski definition) is 0. The van der Waals surface area contributed by atoms with E-state index in [0.717, 1.165) is 12.8 Å². The van der Waals surface area contributed by atoms with Gasteiger partial charge in [0.1, 0.15) is 0 Å². The van der Waals surface area contributed by atoms with Gasteiger partial charge in [-0.1, -0.05) is 121 Å². The Kier molecular flexibility index (Phi) is 6.38. The molecule has 2 heterocycles. The number of rotatable bonds is 5. The van der Waals surface area contributed by atoms with E-state index in [-0.39, 0.29) is 0 Å². The molecule has 1 aliphatic carbocycles. The van der Waals surface area contributed by atoms with Crippen LogP contribution >= 0.6 is 0 Å². The Balaban J connectivity index is 1.10. The first-order valence-electron chi connectivity index (χ1n) is 17.2. The summed E-state index contributed by atoms with van der Waals surface area (Å²) in [4.78, 5) is 0. The molecular weight excluding hydrogens is 591 g/mol. The van der Waals surface area contributed by atoms with Gasteiger partial charge in [0.25, 0.3) is 0 Å². The Morgan fingerprint density at radius 1 is 0.367 bits per heavy atom. The Bertz CT molecular complexity index is 2670. The molecule has 0 bridgehead atoms. The minimum absolute atomic E-state index is 1.07. The maximum absolute atomic E-state index is 2.45. The predicted molar refractivity (Wildman–Crippen MR) is 209 cm³/mol. The molecule has 0 amide bonds. The molecule has 0 saturated heterocycles. The van der Waals surface area contributed by atoms with Crippen molar-refractivity contribution in [1.29, 1.82) is 0 Å². The smallest absolute Gasteiger partial charge is 0.0620 e. The van der Waals surface area contributed by atoms with Gasteiger partial charge in [0.15, 0.2) is 0 Å². The molecule has 7 aromatic carbocycles. The van der Waals surface area contributed by atoms with Crippen molar-refractivity contribution in [2.75, 3.05) is 0 Å². The minimum Gasteiger partial charge on any atom is -0.308 e. The third kappa shape index (κ3) is 4.62. The van der Waals surface area contributed by atoms with Gasteiger partial charge >= 0.3 is 0 Å². The van der Waals surface area contributed by atoms with Crippen LogP contribution in [0.2, 0.25) is 0 Å². The SMILES string of the molecule is C1=CCCC(c2cc(-c3ccccc3)cc(-c3cccc(-c4cccc(-c5cc6c7ccccc7n7c8ccccc8c(c5)c67)c4)c3)c2)=C1. The van der Waals surface area contributed by atoms with Crippen LogP contribution in [0.5, 0.6) is 0 Å². The van der Waals surface area contributed by atoms with Crippen LogP contribution < -0.4 is 0 Å². The second-order valence-corrected chi connectivity index (χ2v) is 13.3. The zero-order valence-corrected chi connectivity index (χ0v) is 27.1. The van der Waals surface area contributed by atoms with Gasteiger partial charge < -0.3 is 4.40 Å². The molecule has 0 aliphatic heterocycles. The molecule has 0 radical (unpaired) electrons. The number of benzene rings is 7. The van der Waals surface area contributed by atoms with Crippen molar-refractivity contribution < 1.29 is 0 Å². The van der Waals surface area contributed by atoms with Crippen molar-refractivity contribution in [3.8, 4) is 44.5 Å². The number of aromatic nitrogens is 1. The third-order valence-corrected chi connectivity index (χ3v) is 10.4. The topological polar surface area (TPSA) is 4.41 Å². The van der Waals surface area contributed by atoms with Crippen LogP contribution in [-0.2, 0) is 0 Å². The van der Waals surface area contributed by atoms with Gasteiger partial charge in [-0.3, -0.25) is 0 Å². The zero-order chi connectivity index (χ0) is 32.3. The predicted octanol–water partition coefficient (Wildman–Crippen LogP) is 13.2. The molecule has 9 aromatic rings. The van der Waals surface area contributed by atoms with Crippen molar-refractivity contribution in [3.05, 3.63) is 182 Å². The van der Waals surface area contributed by atoms with Gasteiger partial charge in [0.2, 0.25) is 0 Å². The fourth-order valence-electron chi connectivity index (χ4n) is 7.99. The molecule has 0 spiro atoms. The van der Waals surface area contributed by atoms with Crippen LogP contribution in [-0.4, -0.2) is 4.40 Å². The van der Waals surface area contributed by atoms with E-state index in [1.807, 2.05) is 0 Å². The molecule has 230 valence electrons. The van der Waals surface area contributed by atoms with Crippen molar-refractivity contribution in [2.24, 2.45) is 0 Å². The molecule has 0 fully saturated rings. The number of fused-ring (bicyclic) bond motifs is 6. The highest BCUT2D eigenvalue weighted by molar-refractivity contribution is 6.24. The summed E-state index contributed by atoms with van der Waals surface area (Å²) in [7, 11) is 0. The monoisotopic (exact) mass is 623 g/mol. The number of nitrogens with zero attached hydrogens (tertiary/aromatic N) is 1. The lowest BCUT2D eigenvalue weighted by Gasteiger charge is -2.15. The largest absolute Gasteiger partial charge is 0.308 e. The lowest BCUT2D eigenvalue weighted by Crippen LogP contribution is -1.92. The summed E-state index contributed by atoms with van der Waals surface area (Å²) < 4.78 is 2.45. The van der Waals surface area contributed by atoms with Gasteiger partial charge in [0.05, 0.1) is 16.6 Å². The average molecular weight is 624 g/mol. The average Bonchev–Trinajstić information content (AvgIpc) is 3.70. The summed E-state index contributed by atoms with van der Waals surface area (Å²) in [5.41, 5.74) is 16.4. The van der Waals surface area contributed by atoms with Crippen molar-refractivity contribution in [2.45, 2.75) is 12.8 Å². The summed E-state index contributed by atoms with van der Waals surface area (Å²) >= 11 is 0. The van der Waals surface area contributed by atoms with E-state index in [9.17, 15) is 0 Å². The second kappa shape index (κ2) is 11.2. The van der Waals surface area contributed by atoms with Crippen molar-refractivity contribution in [1.82, 2.24) is 4.40 Å². The first kappa shape index (κ1) is 27.9. The highest BCUT2D eigenvalue weighted by atomic mass is 14.9. The maximum Gasteiger partial charge on any atom is 0.0620 e. The Hall–Kier alpha value is -6.18. The summed E-state index contributed by atoms with van der Waals surface area (Å²) in [5, 5.41) is 5.22. The zero-order valence-electron chi connectivity index (χ0n) is 27.1. The van der Waals surface area contributed by atoms with E-state index in [0.29, 0.717) is 0 Å². The van der Waals surface area contributed by atoms with E-state index in [2.05, 4.69) is 180 Å². The summed E-state index contributed by atoms with van der Waals surface area (Å²) in [6, 6.07) is 58.3. The molecule has 0 atom stereocenters. The first-order chi connectivity index (χ1) is 24.3. The van der Waals surface area contributed by atoms with Crippen molar-refractivity contribution in [3.63, 3.8) is 0 Å². The molecule has 10 rings (SSSR count). The van der Waals surface area contributed by atoms with E-state index in [1.165, 1.54) is 93.7 Å². The fourth-order valence-corrected chi connectivity index (χ4v) is 7.99. The van der Waals surface area contributed by atoms with Gasteiger partial charge in [-0.2, -0.15) is 0 Å². The van der Waals surface area contributed by atoms with Crippen LogP contribution in [0.25, 0.3) is 88.2 Å². The molecule has 0 N–H and O–H groups in total. The molecule has 2 aromatic heterocycles. The Morgan fingerprint density at radius 2 is 0.837 bits per heavy atom. The van der Waals surface area contributed by atoms with E-state index < -0.39 is 0 Å². The number of allylic oxidation sites excluding steroid dienone is 4. The first-order valence-corrected chi connectivity index (χ1v) is 17.2. The lowest BCUT2D eigenvalue weighted by atomic mass is 9.89. The van der Waals surface area contributed by atoms with E-state index in [4.69, 9.17) is 0 Å². The molecule has 0 saturated carbocycles. The van der Waals surface area contributed by atoms with Crippen LogP contribution in [0.15, 0.2) is 176 Å². The highest BCUT2D eigenvalue weighted by Gasteiger charge is 2.18. The van der Waals surface area contributed by atoms with Gasteiger partial charge in [-0.05, 0) is 123 Å². The molecule has 0 unspecified atom stereocenters. The fraction of sp³-hybridized carbons (Fsp3) is 0.0417. The molecule has 1 aliphatic rings. The van der Waals surface area contributed by atoms with E-state index in [1.54, 1.807) is 0 Å². The summed E-state index contributed by atoms with van der Waals surface area (Å²) in [6.07, 6.45) is 8.89.